The van der Waals surface area contributed by atoms with Crippen LogP contribution in [0.3, 0.4) is 0 Å². The lowest BCUT2D eigenvalue weighted by Gasteiger charge is -2.12. The Bertz CT molecular complexity index is 282. The van der Waals surface area contributed by atoms with Crippen molar-refractivity contribution in [2.75, 3.05) is 0 Å². The lowest BCUT2D eigenvalue weighted by molar-refractivity contribution is -0.131. The van der Waals surface area contributed by atoms with Crippen LogP contribution in [-0.4, -0.2) is 28.1 Å². The molecular formula is C14H24O4. The Hall–Kier alpha value is -1.16. The first-order chi connectivity index (χ1) is 8.43. The van der Waals surface area contributed by atoms with E-state index in [4.69, 9.17) is 5.11 Å². The van der Waals surface area contributed by atoms with Gasteiger partial charge in [0.05, 0.1) is 6.10 Å². The number of aliphatic hydroxyl groups excluding tert-OH is 1. The largest absolute Gasteiger partial charge is 0.478 e. The normalized spacial score (nSPS) is 13.1. The van der Waals surface area contributed by atoms with Crippen molar-refractivity contribution in [3.8, 4) is 0 Å². The molecular weight excluding hydrogens is 232 g/mol. The Labute approximate surface area is 109 Å². The minimum atomic E-state index is -0.923. The lowest BCUT2D eigenvalue weighted by Crippen LogP contribution is -2.19. The number of aliphatic hydroxyl groups is 1. The van der Waals surface area contributed by atoms with E-state index in [1.807, 2.05) is 13.8 Å². The number of aliphatic carboxylic acids is 1. The first-order valence-corrected chi connectivity index (χ1v) is 6.52. The van der Waals surface area contributed by atoms with E-state index >= 15 is 0 Å². The third kappa shape index (κ3) is 10.0. The molecule has 0 radical (unpaired) electrons. The molecule has 0 aliphatic heterocycles. The second-order valence-corrected chi connectivity index (χ2v) is 4.89. The van der Waals surface area contributed by atoms with Gasteiger partial charge in [-0.15, -0.1) is 0 Å². The predicted octanol–water partition coefficient (Wildman–Crippen LogP) is 2.55. The highest BCUT2D eigenvalue weighted by atomic mass is 16.4. The minimum Gasteiger partial charge on any atom is -0.478 e. The van der Waals surface area contributed by atoms with E-state index in [0.29, 0.717) is 6.42 Å². The van der Waals surface area contributed by atoms with Crippen LogP contribution < -0.4 is 0 Å². The molecule has 0 aromatic rings. The molecule has 0 aliphatic carbocycles. The number of carboxylic acid groups (broad SMARTS) is 1. The van der Waals surface area contributed by atoms with Crippen molar-refractivity contribution in [3.05, 3.63) is 12.2 Å². The van der Waals surface area contributed by atoms with Crippen molar-refractivity contribution in [2.45, 2.75) is 58.5 Å². The maximum absolute atomic E-state index is 11.5. The maximum Gasteiger partial charge on any atom is 0.327 e. The summed E-state index contributed by atoms with van der Waals surface area (Å²) in [5, 5.41) is 17.9. The Kier molecular flexibility index (Phi) is 9.19. The molecule has 18 heavy (non-hydrogen) atoms. The number of Topliss-reactive ketones (excluding diaryl/α,β-unsaturated/α-hetero) is 1. The Balaban J connectivity index is 3.49. The summed E-state index contributed by atoms with van der Waals surface area (Å²) in [6.07, 6.45) is 6.34. The maximum atomic E-state index is 11.5. The van der Waals surface area contributed by atoms with Crippen LogP contribution in [0.15, 0.2) is 12.2 Å². The van der Waals surface area contributed by atoms with E-state index in [-0.39, 0.29) is 18.1 Å². The fraction of sp³-hybridized carbons (Fsp3) is 0.714. The van der Waals surface area contributed by atoms with E-state index in [1.165, 1.54) is 0 Å². The van der Waals surface area contributed by atoms with Crippen LogP contribution in [0.1, 0.15) is 52.4 Å². The second kappa shape index (κ2) is 9.83. The Morgan fingerprint density at radius 1 is 1.17 bits per heavy atom. The molecule has 4 nitrogen and oxygen atoms in total. The van der Waals surface area contributed by atoms with Gasteiger partial charge in [-0.3, -0.25) is 4.79 Å². The van der Waals surface area contributed by atoms with Crippen LogP contribution in [0.2, 0.25) is 0 Å². The third-order valence-corrected chi connectivity index (χ3v) is 2.79. The molecule has 0 fully saturated rings. The first-order valence-electron chi connectivity index (χ1n) is 6.52. The van der Waals surface area contributed by atoms with E-state index in [1.54, 1.807) is 6.08 Å². The first kappa shape index (κ1) is 16.8. The van der Waals surface area contributed by atoms with Gasteiger partial charge in [0.1, 0.15) is 5.78 Å². The average molecular weight is 256 g/mol. The molecule has 0 aromatic carbocycles. The topological polar surface area (TPSA) is 74.6 Å². The van der Waals surface area contributed by atoms with E-state index < -0.39 is 12.1 Å². The summed E-state index contributed by atoms with van der Waals surface area (Å²) in [6.45, 7) is 3.79. The molecule has 0 amide bonds. The SMILES string of the molecule is CC(C)[C@H](O)CC(=O)CCCCC/C=C/C(=O)O. The summed E-state index contributed by atoms with van der Waals surface area (Å²) in [7, 11) is 0. The van der Waals surface area contributed by atoms with Crippen molar-refractivity contribution in [1.82, 2.24) is 0 Å². The summed E-state index contributed by atoms with van der Waals surface area (Å²) >= 11 is 0. The zero-order valence-corrected chi connectivity index (χ0v) is 11.3. The summed E-state index contributed by atoms with van der Waals surface area (Å²) in [4.78, 5) is 21.7. The molecule has 0 heterocycles. The van der Waals surface area contributed by atoms with Gasteiger partial charge in [-0.25, -0.2) is 4.79 Å². The van der Waals surface area contributed by atoms with Crippen LogP contribution in [0.5, 0.6) is 0 Å². The van der Waals surface area contributed by atoms with Crippen LogP contribution in [0.4, 0.5) is 0 Å². The summed E-state index contributed by atoms with van der Waals surface area (Å²) in [5.41, 5.74) is 0. The van der Waals surface area contributed by atoms with Gasteiger partial charge < -0.3 is 10.2 Å². The molecule has 0 aromatic heterocycles. The molecule has 0 spiro atoms. The summed E-state index contributed by atoms with van der Waals surface area (Å²) in [5.74, 6) is -0.694. The van der Waals surface area contributed by atoms with Crippen molar-refractivity contribution < 1.29 is 19.8 Å². The van der Waals surface area contributed by atoms with Crippen molar-refractivity contribution >= 4 is 11.8 Å². The number of hydrogen-bond donors (Lipinski definition) is 2. The number of carbonyl (C=O) groups excluding carboxylic acids is 1. The van der Waals surface area contributed by atoms with Gasteiger partial charge in [-0.1, -0.05) is 26.3 Å². The zero-order chi connectivity index (χ0) is 14.0. The fourth-order valence-electron chi connectivity index (χ4n) is 1.52. The monoisotopic (exact) mass is 256 g/mol. The average Bonchev–Trinajstić information content (AvgIpc) is 2.27. The molecule has 104 valence electrons. The number of allylic oxidation sites excluding steroid dienone is 1. The van der Waals surface area contributed by atoms with Gasteiger partial charge in [-0.2, -0.15) is 0 Å². The van der Waals surface area contributed by atoms with Gasteiger partial charge in [0.25, 0.3) is 0 Å². The summed E-state index contributed by atoms with van der Waals surface area (Å²) < 4.78 is 0. The molecule has 0 unspecified atom stereocenters. The zero-order valence-electron chi connectivity index (χ0n) is 11.3. The Morgan fingerprint density at radius 3 is 2.39 bits per heavy atom. The lowest BCUT2D eigenvalue weighted by atomic mass is 9.99. The van der Waals surface area contributed by atoms with Crippen LogP contribution >= 0.6 is 0 Å². The second-order valence-electron chi connectivity index (χ2n) is 4.89. The molecule has 2 N–H and O–H groups in total. The van der Waals surface area contributed by atoms with E-state index in [2.05, 4.69) is 0 Å². The van der Waals surface area contributed by atoms with Crippen LogP contribution in [0.25, 0.3) is 0 Å². The molecule has 0 bridgehead atoms. The van der Waals surface area contributed by atoms with Gasteiger partial charge in [0, 0.05) is 18.9 Å². The molecule has 0 saturated heterocycles. The standard InChI is InChI=1S/C14H24O4/c1-11(2)13(16)10-12(15)8-6-4-3-5-7-9-14(17)18/h7,9,11,13,16H,3-6,8,10H2,1-2H3,(H,17,18)/b9-7+/t13-/m1/s1. The molecule has 0 aliphatic rings. The molecule has 4 heteroatoms. The number of carboxylic acids is 1. The fourth-order valence-corrected chi connectivity index (χ4v) is 1.52. The quantitative estimate of drug-likeness (QED) is 0.465. The van der Waals surface area contributed by atoms with Crippen LogP contribution in [0, 0.1) is 5.92 Å². The molecule has 0 saturated carbocycles. The summed E-state index contributed by atoms with van der Waals surface area (Å²) in [6, 6.07) is 0. The number of carbonyl (C=O) groups is 2. The Morgan fingerprint density at radius 2 is 1.83 bits per heavy atom. The number of rotatable bonds is 10. The van der Waals surface area contributed by atoms with Gasteiger partial charge in [-0.05, 0) is 25.2 Å². The van der Waals surface area contributed by atoms with Crippen molar-refractivity contribution in [1.29, 1.82) is 0 Å². The molecule has 0 rings (SSSR count). The minimum absolute atomic E-state index is 0.109. The predicted molar refractivity (Wildman–Crippen MR) is 70.3 cm³/mol. The number of ketones is 1. The van der Waals surface area contributed by atoms with Crippen molar-refractivity contribution in [2.24, 2.45) is 5.92 Å². The third-order valence-electron chi connectivity index (χ3n) is 2.79. The highest BCUT2D eigenvalue weighted by Crippen LogP contribution is 2.10. The molecule has 1 atom stereocenters. The van der Waals surface area contributed by atoms with Gasteiger partial charge in [0.2, 0.25) is 0 Å². The van der Waals surface area contributed by atoms with Gasteiger partial charge >= 0.3 is 5.97 Å². The highest BCUT2D eigenvalue weighted by molar-refractivity contribution is 5.79. The number of hydrogen-bond acceptors (Lipinski definition) is 3. The van der Waals surface area contributed by atoms with E-state index in [9.17, 15) is 14.7 Å². The number of unbranched alkanes of at least 4 members (excludes halogenated alkanes) is 3. The van der Waals surface area contributed by atoms with E-state index in [0.717, 1.165) is 31.8 Å². The van der Waals surface area contributed by atoms with Gasteiger partial charge in [0.15, 0.2) is 0 Å². The van der Waals surface area contributed by atoms with Crippen LogP contribution in [-0.2, 0) is 9.59 Å². The highest BCUT2D eigenvalue weighted by Gasteiger charge is 2.13. The van der Waals surface area contributed by atoms with Crippen molar-refractivity contribution in [3.63, 3.8) is 0 Å². The smallest absolute Gasteiger partial charge is 0.327 e.